The summed E-state index contributed by atoms with van der Waals surface area (Å²) in [7, 11) is 0. The van der Waals surface area contributed by atoms with Crippen LogP contribution in [-0.2, 0) is 6.54 Å². The van der Waals surface area contributed by atoms with E-state index in [0.717, 1.165) is 10.0 Å². The molecule has 1 aromatic rings. The first-order chi connectivity index (χ1) is 7.61. The Morgan fingerprint density at radius 3 is 2.81 bits per heavy atom. The molecule has 0 aliphatic carbocycles. The zero-order chi connectivity index (χ0) is 12.0. The van der Waals surface area contributed by atoms with Gasteiger partial charge in [-0.25, -0.2) is 10.8 Å². The number of halogens is 1. The largest absolute Gasteiger partial charge is 0.353 e. The number of nitrogens with one attached hydrogen (secondary N) is 2. The summed E-state index contributed by atoms with van der Waals surface area (Å²) in [5, 5.41) is 3.12. The van der Waals surface area contributed by atoms with E-state index in [9.17, 15) is 0 Å². The van der Waals surface area contributed by atoms with Gasteiger partial charge in [-0.15, -0.1) is 0 Å². The molecule has 0 fully saturated rings. The van der Waals surface area contributed by atoms with Gasteiger partial charge in [0.2, 0.25) is 5.96 Å². The number of benzene rings is 1. The number of nitrogens with two attached hydrogens (primary N) is 1. The van der Waals surface area contributed by atoms with Crippen molar-refractivity contribution in [2.45, 2.75) is 26.4 Å². The third-order valence-corrected chi connectivity index (χ3v) is 2.36. The zero-order valence-electron chi connectivity index (χ0n) is 9.50. The minimum atomic E-state index is 0.303. The molecule has 0 aromatic heterocycles. The predicted octanol–water partition coefficient (Wildman–Crippen LogP) is 1.77. The van der Waals surface area contributed by atoms with Crippen molar-refractivity contribution in [1.82, 2.24) is 10.7 Å². The van der Waals surface area contributed by atoms with E-state index < -0.39 is 0 Å². The van der Waals surface area contributed by atoms with Crippen LogP contribution in [0.3, 0.4) is 0 Å². The van der Waals surface area contributed by atoms with Gasteiger partial charge in [-0.2, -0.15) is 0 Å². The first-order valence-corrected chi connectivity index (χ1v) is 5.93. The normalized spacial score (nSPS) is 11.7. The summed E-state index contributed by atoms with van der Waals surface area (Å²) in [5.74, 6) is 5.97. The van der Waals surface area contributed by atoms with Crippen LogP contribution < -0.4 is 16.6 Å². The Balaban J connectivity index is 2.62. The maximum atomic E-state index is 5.36. The molecular weight excluding hydrogens is 268 g/mol. The monoisotopic (exact) mass is 284 g/mol. The molecule has 0 heterocycles. The number of guanidine groups is 1. The molecule has 0 amide bonds. The highest BCUT2D eigenvalue weighted by Gasteiger charge is 1.98. The second-order valence-corrected chi connectivity index (χ2v) is 4.65. The summed E-state index contributed by atoms with van der Waals surface area (Å²) in [4.78, 5) is 4.34. The van der Waals surface area contributed by atoms with Gasteiger partial charge in [0.15, 0.2) is 0 Å². The van der Waals surface area contributed by atoms with Crippen molar-refractivity contribution in [1.29, 1.82) is 0 Å². The van der Waals surface area contributed by atoms with Gasteiger partial charge in [-0.05, 0) is 31.5 Å². The smallest absolute Gasteiger partial charge is 0.206 e. The van der Waals surface area contributed by atoms with E-state index >= 15 is 0 Å². The second-order valence-electron chi connectivity index (χ2n) is 3.74. The fourth-order valence-electron chi connectivity index (χ4n) is 1.21. The lowest BCUT2D eigenvalue weighted by Gasteiger charge is -2.11. The number of nitrogens with zero attached hydrogens (tertiary/aromatic N) is 1. The number of hydrogen-bond donors (Lipinski definition) is 3. The van der Waals surface area contributed by atoms with Gasteiger partial charge in [-0.3, -0.25) is 5.43 Å². The molecule has 0 spiro atoms. The highest BCUT2D eigenvalue weighted by atomic mass is 79.9. The molecule has 1 rings (SSSR count). The summed E-state index contributed by atoms with van der Waals surface area (Å²) in [6.45, 7) is 4.66. The van der Waals surface area contributed by atoms with Gasteiger partial charge in [0.05, 0.1) is 6.54 Å². The Kier molecular flexibility index (Phi) is 5.28. The molecule has 4 N–H and O–H groups in total. The van der Waals surface area contributed by atoms with Gasteiger partial charge in [0.25, 0.3) is 0 Å². The van der Waals surface area contributed by atoms with Crippen LogP contribution in [0.4, 0.5) is 0 Å². The van der Waals surface area contributed by atoms with E-state index in [1.54, 1.807) is 0 Å². The molecule has 5 heteroatoms. The van der Waals surface area contributed by atoms with Crippen molar-refractivity contribution >= 4 is 21.9 Å². The van der Waals surface area contributed by atoms with Crippen molar-refractivity contribution in [2.24, 2.45) is 10.8 Å². The van der Waals surface area contributed by atoms with Crippen molar-refractivity contribution in [3.8, 4) is 0 Å². The van der Waals surface area contributed by atoms with Crippen LogP contribution in [0.1, 0.15) is 19.4 Å². The highest BCUT2D eigenvalue weighted by molar-refractivity contribution is 9.10. The molecule has 0 radical (unpaired) electrons. The van der Waals surface area contributed by atoms with Gasteiger partial charge < -0.3 is 5.32 Å². The van der Waals surface area contributed by atoms with Gasteiger partial charge in [-0.1, -0.05) is 28.1 Å². The maximum Gasteiger partial charge on any atom is 0.206 e. The Bertz CT molecular complexity index is 363. The van der Waals surface area contributed by atoms with Crippen LogP contribution in [0, 0.1) is 0 Å². The van der Waals surface area contributed by atoms with Gasteiger partial charge in [0, 0.05) is 10.5 Å². The standard InChI is InChI=1S/C11H17BrN4/c1-8(2)15-11(16-13)14-7-9-4-3-5-10(12)6-9/h3-6,8H,7,13H2,1-2H3,(H2,14,15,16). The fraction of sp³-hybridized carbons (Fsp3) is 0.364. The average Bonchev–Trinajstić information content (AvgIpc) is 2.24. The number of aliphatic imine (C=N–C) groups is 1. The Morgan fingerprint density at radius 1 is 1.50 bits per heavy atom. The third-order valence-electron chi connectivity index (χ3n) is 1.87. The van der Waals surface area contributed by atoms with Crippen molar-refractivity contribution in [3.63, 3.8) is 0 Å². The lowest BCUT2D eigenvalue weighted by atomic mass is 10.2. The van der Waals surface area contributed by atoms with E-state index in [0.29, 0.717) is 18.5 Å². The SMILES string of the molecule is CC(C)NC(=NCc1cccc(Br)c1)NN. The average molecular weight is 285 g/mol. The van der Waals surface area contributed by atoms with E-state index in [2.05, 4.69) is 31.7 Å². The van der Waals surface area contributed by atoms with Crippen LogP contribution in [0.5, 0.6) is 0 Å². The summed E-state index contributed by atoms with van der Waals surface area (Å²) < 4.78 is 1.05. The summed E-state index contributed by atoms with van der Waals surface area (Å²) in [6.07, 6.45) is 0. The first kappa shape index (κ1) is 13.0. The number of hydrazine groups is 1. The third kappa shape index (κ3) is 4.63. The van der Waals surface area contributed by atoms with Crippen LogP contribution in [0.15, 0.2) is 33.7 Å². The van der Waals surface area contributed by atoms with E-state index in [-0.39, 0.29) is 0 Å². The van der Waals surface area contributed by atoms with Crippen LogP contribution in [0.2, 0.25) is 0 Å². The molecule has 1 aromatic carbocycles. The highest BCUT2D eigenvalue weighted by Crippen LogP contribution is 2.12. The van der Waals surface area contributed by atoms with E-state index in [1.165, 1.54) is 0 Å². The molecule has 0 aliphatic rings. The van der Waals surface area contributed by atoms with Crippen LogP contribution in [-0.4, -0.2) is 12.0 Å². The molecule has 0 atom stereocenters. The van der Waals surface area contributed by atoms with Gasteiger partial charge in [0.1, 0.15) is 0 Å². The molecular formula is C11H17BrN4. The lowest BCUT2D eigenvalue weighted by Crippen LogP contribution is -2.44. The van der Waals surface area contributed by atoms with Crippen molar-refractivity contribution in [2.75, 3.05) is 0 Å². The fourth-order valence-corrected chi connectivity index (χ4v) is 1.66. The molecule has 0 saturated carbocycles. The number of hydrogen-bond acceptors (Lipinski definition) is 2. The second kappa shape index (κ2) is 6.50. The summed E-state index contributed by atoms with van der Waals surface area (Å²) in [5.41, 5.74) is 3.68. The summed E-state index contributed by atoms with van der Waals surface area (Å²) >= 11 is 3.42. The molecule has 16 heavy (non-hydrogen) atoms. The molecule has 0 bridgehead atoms. The molecule has 88 valence electrons. The van der Waals surface area contributed by atoms with E-state index in [4.69, 9.17) is 5.84 Å². The maximum absolute atomic E-state index is 5.36. The quantitative estimate of drug-likeness (QED) is 0.343. The van der Waals surface area contributed by atoms with Crippen LogP contribution >= 0.6 is 15.9 Å². The topological polar surface area (TPSA) is 62.4 Å². The molecule has 0 aliphatic heterocycles. The molecule has 4 nitrogen and oxygen atoms in total. The minimum absolute atomic E-state index is 0.303. The van der Waals surface area contributed by atoms with E-state index in [1.807, 2.05) is 38.1 Å². The molecule has 0 unspecified atom stereocenters. The van der Waals surface area contributed by atoms with Crippen molar-refractivity contribution < 1.29 is 0 Å². The number of rotatable bonds is 3. The zero-order valence-corrected chi connectivity index (χ0v) is 11.1. The van der Waals surface area contributed by atoms with Crippen LogP contribution in [0.25, 0.3) is 0 Å². The van der Waals surface area contributed by atoms with Crippen molar-refractivity contribution in [3.05, 3.63) is 34.3 Å². The minimum Gasteiger partial charge on any atom is -0.353 e. The molecule has 0 saturated heterocycles. The predicted molar refractivity (Wildman–Crippen MR) is 70.9 cm³/mol. The Hall–Kier alpha value is -1.07. The first-order valence-electron chi connectivity index (χ1n) is 5.14. The lowest BCUT2D eigenvalue weighted by molar-refractivity contribution is 0.702. The Morgan fingerprint density at radius 2 is 2.25 bits per heavy atom. The Labute approximate surface area is 104 Å². The summed E-state index contributed by atoms with van der Waals surface area (Å²) in [6, 6.07) is 8.34. The van der Waals surface area contributed by atoms with Gasteiger partial charge >= 0.3 is 0 Å².